The first-order valence-corrected chi connectivity index (χ1v) is 13.2. The van der Waals surface area contributed by atoms with E-state index in [1.54, 1.807) is 0 Å². The van der Waals surface area contributed by atoms with Crippen LogP contribution in [0.25, 0.3) is 22.3 Å². The van der Waals surface area contributed by atoms with Crippen LogP contribution in [-0.4, -0.2) is 0 Å². The zero-order valence-electron chi connectivity index (χ0n) is 20.9. The van der Waals surface area contributed by atoms with E-state index >= 15 is 0 Å². The molecule has 0 saturated heterocycles. The summed E-state index contributed by atoms with van der Waals surface area (Å²) < 4.78 is 0. The Bertz CT molecular complexity index is 1710. The topological polar surface area (TPSA) is 3.24 Å². The molecule has 1 heteroatoms. The molecule has 178 valence electrons. The molecular formula is C37H25N. The standard InChI is InChI=1S/C37H25N/c1-3-14-26(15-4-1)38(27-16-5-2-6-17-27)35-25-13-21-31-30-20-9-12-24-34(30)37(36(31)35)32-22-10-7-18-28(32)29-19-8-11-23-33(29)37/h1-25H. The summed E-state index contributed by atoms with van der Waals surface area (Å²) in [4.78, 5) is 2.43. The van der Waals surface area contributed by atoms with Gasteiger partial charge in [0.2, 0.25) is 0 Å². The smallest absolute Gasteiger partial charge is 0.0746 e. The van der Waals surface area contributed by atoms with Crippen molar-refractivity contribution in [3.63, 3.8) is 0 Å². The van der Waals surface area contributed by atoms with Crippen LogP contribution in [0, 0.1) is 0 Å². The van der Waals surface area contributed by atoms with Crippen LogP contribution in [0.2, 0.25) is 0 Å². The van der Waals surface area contributed by atoms with Gasteiger partial charge in [0, 0.05) is 16.9 Å². The number of nitrogens with zero attached hydrogens (tertiary/aromatic N) is 1. The normalized spacial score (nSPS) is 13.5. The van der Waals surface area contributed by atoms with Gasteiger partial charge in [-0.3, -0.25) is 0 Å². The molecular weight excluding hydrogens is 458 g/mol. The van der Waals surface area contributed by atoms with Crippen LogP contribution in [0.15, 0.2) is 152 Å². The monoisotopic (exact) mass is 483 g/mol. The minimum absolute atomic E-state index is 0.391. The summed E-state index contributed by atoms with van der Waals surface area (Å²) in [7, 11) is 0. The number of fused-ring (bicyclic) bond motifs is 10. The van der Waals surface area contributed by atoms with Crippen molar-refractivity contribution < 1.29 is 0 Å². The van der Waals surface area contributed by atoms with Crippen LogP contribution >= 0.6 is 0 Å². The molecule has 1 nitrogen and oxygen atoms in total. The van der Waals surface area contributed by atoms with Crippen molar-refractivity contribution in [1.82, 2.24) is 0 Å². The lowest BCUT2D eigenvalue weighted by atomic mass is 9.70. The maximum absolute atomic E-state index is 2.43. The van der Waals surface area contributed by atoms with E-state index in [0.717, 1.165) is 11.4 Å². The Hall–Kier alpha value is -4.88. The molecule has 0 N–H and O–H groups in total. The van der Waals surface area contributed by atoms with Gasteiger partial charge in [0.1, 0.15) is 0 Å². The highest BCUT2D eigenvalue weighted by Crippen LogP contribution is 2.65. The van der Waals surface area contributed by atoms with E-state index in [1.165, 1.54) is 50.2 Å². The summed E-state index contributed by atoms with van der Waals surface area (Å²) in [6.07, 6.45) is 0. The van der Waals surface area contributed by atoms with Gasteiger partial charge in [-0.25, -0.2) is 0 Å². The molecule has 0 amide bonds. The lowest BCUT2D eigenvalue weighted by Crippen LogP contribution is -2.28. The number of benzene rings is 6. The van der Waals surface area contributed by atoms with Crippen molar-refractivity contribution in [3.05, 3.63) is 174 Å². The van der Waals surface area contributed by atoms with Crippen molar-refractivity contribution in [3.8, 4) is 22.3 Å². The van der Waals surface area contributed by atoms with E-state index in [9.17, 15) is 0 Å². The van der Waals surface area contributed by atoms with Crippen LogP contribution in [0.3, 0.4) is 0 Å². The molecule has 6 aromatic carbocycles. The van der Waals surface area contributed by atoms with E-state index in [0.29, 0.717) is 0 Å². The Kier molecular flexibility index (Phi) is 4.50. The fourth-order valence-electron chi connectivity index (χ4n) is 6.90. The molecule has 0 saturated carbocycles. The largest absolute Gasteiger partial charge is 0.310 e. The highest BCUT2D eigenvalue weighted by molar-refractivity contribution is 5.99. The maximum Gasteiger partial charge on any atom is 0.0746 e. The lowest BCUT2D eigenvalue weighted by Gasteiger charge is -2.35. The summed E-state index contributed by atoms with van der Waals surface area (Å²) in [5, 5.41) is 0. The number of hydrogen-bond acceptors (Lipinski definition) is 1. The third kappa shape index (κ3) is 2.71. The molecule has 1 spiro atoms. The Morgan fingerprint density at radius 1 is 0.342 bits per heavy atom. The minimum Gasteiger partial charge on any atom is -0.310 e. The summed E-state index contributed by atoms with van der Waals surface area (Å²) in [5.41, 5.74) is 13.8. The van der Waals surface area contributed by atoms with Crippen LogP contribution in [-0.2, 0) is 5.41 Å². The molecule has 0 radical (unpaired) electrons. The van der Waals surface area contributed by atoms with Crippen LogP contribution < -0.4 is 4.90 Å². The molecule has 38 heavy (non-hydrogen) atoms. The first-order chi connectivity index (χ1) is 18.9. The van der Waals surface area contributed by atoms with Gasteiger partial charge in [-0.15, -0.1) is 0 Å². The maximum atomic E-state index is 2.43. The van der Waals surface area contributed by atoms with Crippen molar-refractivity contribution in [2.24, 2.45) is 0 Å². The molecule has 0 bridgehead atoms. The molecule has 2 aliphatic rings. The first kappa shape index (κ1) is 21.2. The highest BCUT2D eigenvalue weighted by Gasteiger charge is 2.53. The fraction of sp³-hybridized carbons (Fsp3) is 0.0270. The van der Waals surface area contributed by atoms with Gasteiger partial charge in [-0.2, -0.15) is 0 Å². The molecule has 8 rings (SSSR count). The highest BCUT2D eigenvalue weighted by atomic mass is 15.1. The summed E-state index contributed by atoms with van der Waals surface area (Å²) in [6.45, 7) is 0. The van der Waals surface area contributed by atoms with Crippen molar-refractivity contribution in [2.45, 2.75) is 5.41 Å². The molecule has 0 aromatic heterocycles. The van der Waals surface area contributed by atoms with E-state index in [-0.39, 0.29) is 0 Å². The van der Waals surface area contributed by atoms with Crippen molar-refractivity contribution in [1.29, 1.82) is 0 Å². The average molecular weight is 484 g/mol. The number of hydrogen-bond donors (Lipinski definition) is 0. The Morgan fingerprint density at radius 2 is 0.737 bits per heavy atom. The summed E-state index contributed by atoms with van der Waals surface area (Å²) in [5.74, 6) is 0. The third-order valence-electron chi connectivity index (χ3n) is 8.26. The fourth-order valence-corrected chi connectivity index (χ4v) is 6.90. The quantitative estimate of drug-likeness (QED) is 0.242. The molecule has 0 fully saturated rings. The second-order valence-corrected chi connectivity index (χ2v) is 10.1. The summed E-state index contributed by atoms with van der Waals surface area (Å²) >= 11 is 0. The van der Waals surface area contributed by atoms with Crippen LogP contribution in [0.1, 0.15) is 22.3 Å². The summed E-state index contributed by atoms with van der Waals surface area (Å²) in [6, 6.07) is 55.3. The van der Waals surface area contributed by atoms with Gasteiger partial charge in [0.05, 0.1) is 11.1 Å². The number of para-hydroxylation sites is 2. The number of rotatable bonds is 3. The zero-order chi connectivity index (χ0) is 25.1. The molecule has 6 aromatic rings. The Morgan fingerprint density at radius 3 is 1.24 bits per heavy atom. The molecule has 0 unspecified atom stereocenters. The van der Waals surface area contributed by atoms with Gasteiger partial charge in [-0.1, -0.05) is 121 Å². The average Bonchev–Trinajstić information content (AvgIpc) is 3.46. The van der Waals surface area contributed by atoms with Gasteiger partial charge in [0.15, 0.2) is 0 Å². The number of anilines is 3. The van der Waals surface area contributed by atoms with Crippen LogP contribution in [0.4, 0.5) is 17.1 Å². The molecule has 0 atom stereocenters. The van der Waals surface area contributed by atoms with Crippen molar-refractivity contribution >= 4 is 17.1 Å². The third-order valence-corrected chi connectivity index (χ3v) is 8.26. The van der Waals surface area contributed by atoms with Crippen LogP contribution in [0.5, 0.6) is 0 Å². The van der Waals surface area contributed by atoms with Crippen molar-refractivity contribution in [2.75, 3.05) is 4.90 Å². The van der Waals surface area contributed by atoms with Gasteiger partial charge in [0.25, 0.3) is 0 Å². The minimum atomic E-state index is -0.391. The van der Waals surface area contributed by atoms with E-state index < -0.39 is 5.41 Å². The van der Waals surface area contributed by atoms with E-state index in [4.69, 9.17) is 0 Å². The predicted molar refractivity (Wildman–Crippen MR) is 157 cm³/mol. The second-order valence-electron chi connectivity index (χ2n) is 10.1. The van der Waals surface area contributed by atoms with Gasteiger partial charge < -0.3 is 4.90 Å². The lowest BCUT2D eigenvalue weighted by molar-refractivity contribution is 0.793. The second kappa shape index (κ2) is 8.06. The first-order valence-electron chi connectivity index (χ1n) is 13.2. The van der Waals surface area contributed by atoms with Gasteiger partial charge in [-0.05, 0) is 69.3 Å². The zero-order valence-corrected chi connectivity index (χ0v) is 20.9. The van der Waals surface area contributed by atoms with E-state index in [2.05, 4.69) is 157 Å². The predicted octanol–water partition coefficient (Wildman–Crippen LogP) is 9.50. The molecule has 0 aliphatic heterocycles. The molecule has 0 heterocycles. The van der Waals surface area contributed by atoms with E-state index in [1.807, 2.05) is 0 Å². The SMILES string of the molecule is c1ccc(N(c2ccccc2)c2cccc3c2C2(c4ccccc4-c4ccccc42)c2ccccc2-3)cc1. The Balaban J connectivity index is 1.54. The van der Waals surface area contributed by atoms with Gasteiger partial charge >= 0.3 is 0 Å². The molecule has 2 aliphatic carbocycles. The Labute approximate surface area is 223 Å².